The molecule has 0 atom stereocenters. The minimum absolute atomic E-state index is 0.406. The second-order valence-corrected chi connectivity index (χ2v) is 4.60. The lowest BCUT2D eigenvalue weighted by Gasteiger charge is -1.96. The highest BCUT2D eigenvalue weighted by molar-refractivity contribution is 6.31. The monoisotopic (exact) mass is 268 g/mol. The predicted molar refractivity (Wildman–Crippen MR) is 73.8 cm³/mol. The standard InChI is InChI=1S/C15H9ClN2O/c16-12-5-6-14-13(9-12)18-15(19-14)11-3-1-10(2-4-11)7-8-17/h1-6,9H,7H2. The molecule has 0 saturated heterocycles. The molecule has 1 heterocycles. The molecule has 92 valence electrons. The van der Waals surface area contributed by atoms with Crippen LogP contribution in [-0.2, 0) is 6.42 Å². The third kappa shape index (κ3) is 2.31. The highest BCUT2D eigenvalue weighted by atomic mass is 35.5. The molecule has 0 fully saturated rings. The molecule has 3 aromatic rings. The first-order chi connectivity index (χ1) is 9.26. The molecule has 0 N–H and O–H groups in total. The van der Waals surface area contributed by atoms with Crippen molar-refractivity contribution in [2.45, 2.75) is 6.42 Å². The molecular formula is C15H9ClN2O. The third-order valence-corrected chi connectivity index (χ3v) is 3.07. The average Bonchev–Trinajstić information content (AvgIpc) is 2.83. The number of benzene rings is 2. The Morgan fingerprint density at radius 3 is 2.68 bits per heavy atom. The van der Waals surface area contributed by atoms with Crippen molar-refractivity contribution in [2.24, 2.45) is 0 Å². The van der Waals surface area contributed by atoms with Crippen LogP contribution in [0.2, 0.25) is 5.02 Å². The molecule has 0 radical (unpaired) electrons. The Labute approximate surface area is 115 Å². The van der Waals surface area contributed by atoms with Gasteiger partial charge in [0.05, 0.1) is 12.5 Å². The second kappa shape index (κ2) is 4.75. The molecule has 0 aliphatic carbocycles. The Bertz CT molecular complexity index is 769. The molecule has 0 bridgehead atoms. The van der Waals surface area contributed by atoms with Crippen LogP contribution in [0.3, 0.4) is 0 Å². The van der Waals surface area contributed by atoms with E-state index in [1.807, 2.05) is 24.3 Å². The molecule has 19 heavy (non-hydrogen) atoms. The number of fused-ring (bicyclic) bond motifs is 1. The summed E-state index contributed by atoms with van der Waals surface area (Å²) in [5.41, 5.74) is 3.31. The number of halogens is 1. The summed E-state index contributed by atoms with van der Waals surface area (Å²) in [6.07, 6.45) is 0.406. The summed E-state index contributed by atoms with van der Waals surface area (Å²) in [6, 6.07) is 15.1. The zero-order valence-corrected chi connectivity index (χ0v) is 10.7. The Hall–Kier alpha value is -2.31. The number of nitriles is 1. The molecule has 0 unspecified atom stereocenters. The van der Waals surface area contributed by atoms with Crippen molar-refractivity contribution in [1.29, 1.82) is 5.26 Å². The van der Waals surface area contributed by atoms with E-state index < -0.39 is 0 Å². The molecule has 3 nitrogen and oxygen atoms in total. The van der Waals surface area contributed by atoms with Gasteiger partial charge < -0.3 is 4.42 Å². The second-order valence-electron chi connectivity index (χ2n) is 4.16. The van der Waals surface area contributed by atoms with Gasteiger partial charge in [-0.05, 0) is 35.9 Å². The van der Waals surface area contributed by atoms with Crippen LogP contribution in [0.5, 0.6) is 0 Å². The van der Waals surface area contributed by atoms with E-state index in [1.54, 1.807) is 18.2 Å². The molecule has 4 heteroatoms. The van der Waals surface area contributed by atoms with Crippen molar-refractivity contribution >= 4 is 22.7 Å². The zero-order chi connectivity index (χ0) is 13.2. The summed E-state index contributed by atoms with van der Waals surface area (Å²) in [4.78, 5) is 4.40. The summed E-state index contributed by atoms with van der Waals surface area (Å²) in [6.45, 7) is 0. The molecule has 3 rings (SSSR count). The van der Waals surface area contributed by atoms with Crippen molar-refractivity contribution in [3.05, 3.63) is 53.1 Å². The van der Waals surface area contributed by atoms with E-state index in [0.29, 0.717) is 22.9 Å². The molecule has 0 amide bonds. The molecule has 0 saturated carbocycles. The summed E-state index contributed by atoms with van der Waals surface area (Å²) < 4.78 is 5.67. The van der Waals surface area contributed by atoms with Crippen molar-refractivity contribution in [1.82, 2.24) is 4.98 Å². The SMILES string of the molecule is N#CCc1ccc(-c2nc3cc(Cl)ccc3o2)cc1. The molecule has 0 spiro atoms. The van der Waals surface area contributed by atoms with Gasteiger partial charge in [-0.2, -0.15) is 5.26 Å². The van der Waals surface area contributed by atoms with Crippen LogP contribution in [0.1, 0.15) is 5.56 Å². The van der Waals surface area contributed by atoms with Crippen LogP contribution in [0.15, 0.2) is 46.9 Å². The molecule has 1 aromatic heterocycles. The Morgan fingerprint density at radius 2 is 1.95 bits per heavy atom. The van der Waals surface area contributed by atoms with Gasteiger partial charge in [0.25, 0.3) is 0 Å². The highest BCUT2D eigenvalue weighted by Crippen LogP contribution is 2.26. The van der Waals surface area contributed by atoms with Crippen molar-refractivity contribution in [3.63, 3.8) is 0 Å². The number of oxazole rings is 1. The number of hydrogen-bond donors (Lipinski definition) is 0. The van der Waals surface area contributed by atoms with Crippen LogP contribution in [0.4, 0.5) is 0 Å². The van der Waals surface area contributed by atoms with Crippen LogP contribution in [0.25, 0.3) is 22.6 Å². The van der Waals surface area contributed by atoms with E-state index in [9.17, 15) is 0 Å². The van der Waals surface area contributed by atoms with Gasteiger partial charge in [0.1, 0.15) is 5.52 Å². The number of rotatable bonds is 2. The highest BCUT2D eigenvalue weighted by Gasteiger charge is 2.08. The summed E-state index contributed by atoms with van der Waals surface area (Å²) in [5, 5.41) is 9.27. The van der Waals surface area contributed by atoms with Crippen LogP contribution >= 0.6 is 11.6 Å². The fourth-order valence-electron chi connectivity index (χ4n) is 1.88. The third-order valence-electron chi connectivity index (χ3n) is 2.83. The lowest BCUT2D eigenvalue weighted by atomic mass is 10.1. The summed E-state index contributed by atoms with van der Waals surface area (Å²) >= 11 is 5.92. The van der Waals surface area contributed by atoms with Gasteiger partial charge in [-0.1, -0.05) is 23.7 Å². The fraction of sp³-hybridized carbons (Fsp3) is 0.0667. The quantitative estimate of drug-likeness (QED) is 0.699. The van der Waals surface area contributed by atoms with Gasteiger partial charge in [0.2, 0.25) is 5.89 Å². The van der Waals surface area contributed by atoms with Crippen molar-refractivity contribution < 1.29 is 4.42 Å². The Balaban J connectivity index is 2.01. The Kier molecular flexibility index (Phi) is 2.94. The van der Waals surface area contributed by atoms with E-state index in [1.165, 1.54) is 0 Å². The van der Waals surface area contributed by atoms with Crippen LogP contribution in [-0.4, -0.2) is 4.98 Å². The van der Waals surface area contributed by atoms with Gasteiger partial charge >= 0.3 is 0 Å². The maximum Gasteiger partial charge on any atom is 0.227 e. The maximum atomic E-state index is 8.63. The van der Waals surface area contributed by atoms with Crippen molar-refractivity contribution in [3.8, 4) is 17.5 Å². The molecular weight excluding hydrogens is 260 g/mol. The smallest absolute Gasteiger partial charge is 0.227 e. The first-order valence-corrected chi connectivity index (χ1v) is 6.16. The maximum absolute atomic E-state index is 8.63. The summed E-state index contributed by atoms with van der Waals surface area (Å²) in [5.74, 6) is 0.556. The number of hydrogen-bond acceptors (Lipinski definition) is 3. The minimum Gasteiger partial charge on any atom is -0.436 e. The minimum atomic E-state index is 0.406. The van der Waals surface area contributed by atoms with E-state index in [2.05, 4.69) is 11.1 Å². The predicted octanol–water partition coefficient (Wildman–Crippen LogP) is 4.21. The Morgan fingerprint density at radius 1 is 1.16 bits per heavy atom. The van der Waals surface area contributed by atoms with Gasteiger partial charge in [-0.15, -0.1) is 0 Å². The van der Waals surface area contributed by atoms with Crippen LogP contribution in [0, 0.1) is 11.3 Å². The van der Waals surface area contributed by atoms with E-state index in [4.69, 9.17) is 21.3 Å². The first-order valence-electron chi connectivity index (χ1n) is 5.78. The van der Waals surface area contributed by atoms with Gasteiger partial charge in [0, 0.05) is 10.6 Å². The number of aromatic nitrogens is 1. The van der Waals surface area contributed by atoms with E-state index >= 15 is 0 Å². The largest absolute Gasteiger partial charge is 0.436 e. The normalized spacial score (nSPS) is 10.5. The lowest BCUT2D eigenvalue weighted by molar-refractivity contribution is 0.620. The van der Waals surface area contributed by atoms with Gasteiger partial charge in [0.15, 0.2) is 5.58 Å². The fourth-order valence-corrected chi connectivity index (χ4v) is 2.05. The average molecular weight is 269 g/mol. The molecule has 2 aromatic carbocycles. The molecule has 0 aliphatic rings. The molecule has 0 aliphatic heterocycles. The van der Waals surface area contributed by atoms with E-state index in [0.717, 1.165) is 16.6 Å². The van der Waals surface area contributed by atoms with Gasteiger partial charge in [-0.3, -0.25) is 0 Å². The van der Waals surface area contributed by atoms with E-state index in [-0.39, 0.29) is 0 Å². The van der Waals surface area contributed by atoms with Gasteiger partial charge in [-0.25, -0.2) is 4.98 Å². The lowest BCUT2D eigenvalue weighted by Crippen LogP contribution is -1.82. The topological polar surface area (TPSA) is 49.8 Å². The summed E-state index contributed by atoms with van der Waals surface area (Å²) in [7, 11) is 0. The zero-order valence-electron chi connectivity index (χ0n) is 9.93. The number of nitrogens with zero attached hydrogens (tertiary/aromatic N) is 2. The van der Waals surface area contributed by atoms with Crippen molar-refractivity contribution in [2.75, 3.05) is 0 Å². The first kappa shape index (κ1) is 11.8. The van der Waals surface area contributed by atoms with Crippen LogP contribution < -0.4 is 0 Å².